The fourth-order valence-electron chi connectivity index (χ4n) is 2.93. The Labute approximate surface area is 163 Å². The van der Waals surface area contributed by atoms with Crippen molar-refractivity contribution < 1.29 is 23.9 Å². The molecule has 1 fully saturated rings. The van der Waals surface area contributed by atoms with Crippen molar-refractivity contribution in [2.45, 2.75) is 19.4 Å². The van der Waals surface area contributed by atoms with Crippen molar-refractivity contribution in [1.82, 2.24) is 5.32 Å². The molecule has 2 N–H and O–H groups in total. The third-order valence-corrected chi connectivity index (χ3v) is 4.82. The first kappa shape index (κ1) is 19.4. The molecule has 7 nitrogen and oxygen atoms in total. The van der Waals surface area contributed by atoms with Crippen LogP contribution in [0.5, 0.6) is 5.75 Å². The number of para-hydroxylation sites is 1. The fourth-order valence-corrected chi connectivity index (χ4v) is 2.93. The van der Waals surface area contributed by atoms with Gasteiger partial charge in [-0.25, -0.2) is 4.79 Å². The second-order valence-electron chi connectivity index (χ2n) is 6.60. The summed E-state index contributed by atoms with van der Waals surface area (Å²) in [4.78, 5) is 36.8. The number of carbonyl (C=O) groups is 3. The van der Waals surface area contributed by atoms with Crippen LogP contribution in [0.3, 0.4) is 0 Å². The third-order valence-electron chi connectivity index (χ3n) is 4.82. The van der Waals surface area contributed by atoms with Gasteiger partial charge in [0, 0.05) is 17.8 Å². The second-order valence-corrected chi connectivity index (χ2v) is 6.60. The Morgan fingerprint density at radius 2 is 1.64 bits per heavy atom. The first-order valence-corrected chi connectivity index (χ1v) is 8.90. The summed E-state index contributed by atoms with van der Waals surface area (Å²) >= 11 is 0. The zero-order valence-electron chi connectivity index (χ0n) is 15.8. The van der Waals surface area contributed by atoms with E-state index in [0.717, 1.165) is 5.56 Å². The van der Waals surface area contributed by atoms with Crippen LogP contribution < -0.4 is 15.4 Å². The van der Waals surface area contributed by atoms with Gasteiger partial charge in [-0.2, -0.15) is 0 Å². The highest BCUT2D eigenvalue weighted by Crippen LogP contribution is 2.47. The number of esters is 1. The van der Waals surface area contributed by atoms with Gasteiger partial charge in [0.05, 0.1) is 19.8 Å². The van der Waals surface area contributed by atoms with Crippen molar-refractivity contribution in [2.24, 2.45) is 5.41 Å². The van der Waals surface area contributed by atoms with E-state index in [1.807, 2.05) is 24.3 Å². The maximum Gasteiger partial charge on any atom is 0.337 e. The van der Waals surface area contributed by atoms with Crippen molar-refractivity contribution in [1.29, 1.82) is 0 Å². The number of ether oxygens (including phenoxy) is 2. The van der Waals surface area contributed by atoms with Crippen molar-refractivity contribution in [2.75, 3.05) is 19.5 Å². The summed E-state index contributed by atoms with van der Waals surface area (Å²) in [5.74, 6) is -0.423. The smallest absolute Gasteiger partial charge is 0.337 e. The molecule has 28 heavy (non-hydrogen) atoms. The minimum Gasteiger partial charge on any atom is -0.496 e. The van der Waals surface area contributed by atoms with E-state index >= 15 is 0 Å². The van der Waals surface area contributed by atoms with E-state index in [9.17, 15) is 14.4 Å². The molecule has 0 aliphatic heterocycles. The van der Waals surface area contributed by atoms with Crippen LogP contribution >= 0.6 is 0 Å². The van der Waals surface area contributed by atoms with E-state index in [2.05, 4.69) is 15.4 Å². The van der Waals surface area contributed by atoms with E-state index in [1.165, 1.54) is 7.11 Å². The van der Waals surface area contributed by atoms with Crippen LogP contribution in [0.1, 0.15) is 28.8 Å². The number of rotatable bonds is 7. The monoisotopic (exact) mass is 382 g/mol. The van der Waals surface area contributed by atoms with Gasteiger partial charge in [-0.15, -0.1) is 0 Å². The van der Waals surface area contributed by atoms with Crippen molar-refractivity contribution in [3.05, 3.63) is 59.7 Å². The van der Waals surface area contributed by atoms with E-state index < -0.39 is 11.4 Å². The molecule has 1 aliphatic rings. The lowest BCUT2D eigenvalue weighted by molar-refractivity contribution is -0.134. The van der Waals surface area contributed by atoms with Crippen LogP contribution in [0.15, 0.2) is 48.5 Å². The lowest BCUT2D eigenvalue weighted by Gasteiger charge is -2.16. The number of carbonyl (C=O) groups excluding carboxylic acids is 3. The van der Waals surface area contributed by atoms with Crippen LogP contribution in [-0.4, -0.2) is 32.0 Å². The summed E-state index contributed by atoms with van der Waals surface area (Å²) in [7, 11) is 2.88. The molecule has 1 aliphatic carbocycles. The molecule has 1 saturated carbocycles. The van der Waals surface area contributed by atoms with Gasteiger partial charge in [0.1, 0.15) is 11.2 Å². The molecule has 0 atom stereocenters. The van der Waals surface area contributed by atoms with E-state index in [4.69, 9.17) is 4.74 Å². The summed E-state index contributed by atoms with van der Waals surface area (Å²) in [5, 5.41) is 5.59. The van der Waals surface area contributed by atoms with Gasteiger partial charge in [0.2, 0.25) is 11.8 Å². The van der Waals surface area contributed by atoms with Gasteiger partial charge in [0.15, 0.2) is 0 Å². The highest BCUT2D eigenvalue weighted by atomic mass is 16.5. The van der Waals surface area contributed by atoms with E-state index in [1.54, 1.807) is 31.4 Å². The average molecular weight is 382 g/mol. The minimum absolute atomic E-state index is 0.283. The van der Waals surface area contributed by atoms with Crippen LogP contribution in [0.4, 0.5) is 5.69 Å². The highest BCUT2D eigenvalue weighted by Gasteiger charge is 2.56. The van der Waals surface area contributed by atoms with Gasteiger partial charge < -0.3 is 20.1 Å². The second kappa shape index (κ2) is 8.12. The van der Waals surface area contributed by atoms with Gasteiger partial charge in [0.25, 0.3) is 0 Å². The number of hydrogen-bond acceptors (Lipinski definition) is 5. The predicted octanol–water partition coefficient (Wildman–Crippen LogP) is 2.52. The summed E-state index contributed by atoms with van der Waals surface area (Å²) < 4.78 is 9.92. The van der Waals surface area contributed by atoms with Crippen LogP contribution in [0, 0.1) is 5.41 Å². The fraction of sp³-hybridized carbons (Fsp3) is 0.286. The normalized spacial score (nSPS) is 13.9. The highest BCUT2D eigenvalue weighted by molar-refractivity contribution is 6.13. The molecule has 2 aromatic rings. The van der Waals surface area contributed by atoms with Gasteiger partial charge in [-0.05, 0) is 43.2 Å². The van der Waals surface area contributed by atoms with Crippen LogP contribution in [0.25, 0.3) is 0 Å². The number of methoxy groups -OCH3 is 2. The molecule has 3 rings (SSSR count). The number of anilines is 1. The molecule has 146 valence electrons. The molecule has 0 spiro atoms. The predicted molar refractivity (Wildman–Crippen MR) is 103 cm³/mol. The Morgan fingerprint density at radius 3 is 2.25 bits per heavy atom. The molecule has 0 bridgehead atoms. The molecule has 0 aromatic heterocycles. The quantitative estimate of drug-likeness (QED) is 0.567. The zero-order valence-corrected chi connectivity index (χ0v) is 15.8. The molecule has 0 heterocycles. The Bertz CT molecular complexity index is 888. The standard InChI is InChI=1S/C21H22N2O5/c1-27-17-6-4-3-5-15(17)13-22-19(25)21(11-12-21)20(26)23-16-9-7-14(8-10-16)18(24)28-2/h3-10H,11-13H2,1-2H3,(H,22,25)(H,23,26). The summed E-state index contributed by atoms with van der Waals surface area (Å²) in [5.41, 5.74) is 0.689. The SMILES string of the molecule is COC(=O)c1ccc(NC(=O)C2(C(=O)NCc3ccccc3OC)CC2)cc1. The Hall–Kier alpha value is -3.35. The molecule has 0 saturated heterocycles. The summed E-state index contributed by atoms with van der Waals surface area (Å²) in [6.07, 6.45) is 0.994. The maximum absolute atomic E-state index is 12.7. The van der Waals surface area contributed by atoms with Crippen molar-refractivity contribution >= 4 is 23.5 Å². The van der Waals surface area contributed by atoms with Crippen molar-refractivity contribution in [3.8, 4) is 5.75 Å². The first-order valence-electron chi connectivity index (χ1n) is 8.90. The number of nitrogens with one attached hydrogen (secondary N) is 2. The third kappa shape index (κ3) is 3.98. The first-order chi connectivity index (χ1) is 13.5. The minimum atomic E-state index is -1.05. The van der Waals surface area contributed by atoms with E-state index in [-0.39, 0.29) is 18.4 Å². The largest absolute Gasteiger partial charge is 0.496 e. The molecular weight excluding hydrogens is 360 g/mol. The molecular formula is C21H22N2O5. The Balaban J connectivity index is 1.61. The van der Waals surface area contributed by atoms with Crippen LogP contribution in [0.2, 0.25) is 0 Å². The zero-order chi connectivity index (χ0) is 20.1. The van der Waals surface area contributed by atoms with Gasteiger partial charge >= 0.3 is 5.97 Å². The molecule has 0 radical (unpaired) electrons. The van der Waals surface area contributed by atoms with Gasteiger partial charge in [-0.1, -0.05) is 18.2 Å². The molecule has 7 heteroatoms. The van der Waals surface area contributed by atoms with E-state index in [0.29, 0.717) is 29.8 Å². The molecule has 2 aromatic carbocycles. The summed E-state index contributed by atoms with van der Waals surface area (Å²) in [6.45, 7) is 0.283. The maximum atomic E-state index is 12.7. The number of amides is 2. The lowest BCUT2D eigenvalue weighted by atomic mass is 10.0. The number of hydrogen-bond donors (Lipinski definition) is 2. The topological polar surface area (TPSA) is 93.7 Å². The van der Waals surface area contributed by atoms with Crippen LogP contribution in [-0.2, 0) is 20.9 Å². The lowest BCUT2D eigenvalue weighted by Crippen LogP contribution is -2.39. The van der Waals surface area contributed by atoms with Gasteiger partial charge in [-0.3, -0.25) is 9.59 Å². The van der Waals surface area contributed by atoms with Crippen molar-refractivity contribution in [3.63, 3.8) is 0 Å². The molecule has 2 amide bonds. The average Bonchev–Trinajstić information content (AvgIpc) is 3.54. The molecule has 0 unspecified atom stereocenters. The number of benzene rings is 2. The Morgan fingerprint density at radius 1 is 0.964 bits per heavy atom. The summed E-state index contributed by atoms with van der Waals surface area (Å²) in [6, 6.07) is 13.7. The Kier molecular flexibility index (Phi) is 5.63.